The number of piperidine rings is 1. The lowest BCUT2D eigenvalue weighted by atomic mass is 9.91. The van der Waals surface area contributed by atoms with Gasteiger partial charge in [-0.25, -0.2) is 12.7 Å². The van der Waals surface area contributed by atoms with Gasteiger partial charge in [-0.15, -0.1) is 0 Å². The van der Waals surface area contributed by atoms with Crippen LogP contribution in [0.3, 0.4) is 0 Å². The average molecular weight is 351 g/mol. The van der Waals surface area contributed by atoms with Gasteiger partial charge < -0.3 is 0 Å². The molecule has 3 rings (SSSR count). The Bertz CT molecular complexity index is 682. The first-order valence-corrected chi connectivity index (χ1v) is 10.0. The van der Waals surface area contributed by atoms with Gasteiger partial charge in [-0.3, -0.25) is 15.6 Å². The van der Waals surface area contributed by atoms with Gasteiger partial charge in [0.05, 0.1) is 0 Å². The zero-order valence-electron chi connectivity index (χ0n) is 14.1. The largest absolute Gasteiger partial charge is 0.294 e. The third kappa shape index (κ3) is 3.26. The maximum atomic E-state index is 13.0. The van der Waals surface area contributed by atoms with Crippen molar-refractivity contribution in [1.29, 1.82) is 0 Å². The van der Waals surface area contributed by atoms with Gasteiger partial charge >= 0.3 is 0 Å². The maximum absolute atomic E-state index is 13.0. The van der Waals surface area contributed by atoms with E-state index in [1.807, 2.05) is 32.0 Å². The quantitative estimate of drug-likeness (QED) is 0.796. The van der Waals surface area contributed by atoms with E-state index in [4.69, 9.17) is 0 Å². The van der Waals surface area contributed by atoms with E-state index in [0.717, 1.165) is 12.8 Å². The summed E-state index contributed by atoms with van der Waals surface area (Å²) in [7, 11) is -3.45. The summed E-state index contributed by atoms with van der Waals surface area (Å²) in [6.45, 7) is 4.52. The second-order valence-corrected chi connectivity index (χ2v) is 8.89. The van der Waals surface area contributed by atoms with E-state index in [1.54, 1.807) is 12.1 Å². The van der Waals surface area contributed by atoms with Crippen LogP contribution < -0.4 is 10.9 Å². The van der Waals surface area contributed by atoms with E-state index >= 15 is 0 Å². The summed E-state index contributed by atoms with van der Waals surface area (Å²) in [4.78, 5) is 12.7. The number of carbonyl (C=O) groups is 1. The lowest BCUT2D eigenvalue weighted by Gasteiger charge is -2.34. The molecule has 1 aromatic rings. The molecule has 0 spiro atoms. The predicted octanol–water partition coefficient (Wildman–Crippen LogP) is 1.16. The Labute approximate surface area is 143 Å². The van der Waals surface area contributed by atoms with Gasteiger partial charge in [-0.1, -0.05) is 30.3 Å². The molecular weight excluding hydrogens is 326 g/mol. The molecule has 2 aliphatic rings. The molecule has 0 radical (unpaired) electrons. The fraction of sp³-hybridized carbons (Fsp3) is 0.588. The number of nitrogens with one attached hydrogen (secondary N) is 2. The molecule has 3 unspecified atom stereocenters. The number of carbonyl (C=O) groups excluding carboxylic acids is 1. The second kappa shape index (κ2) is 6.92. The van der Waals surface area contributed by atoms with E-state index in [-0.39, 0.29) is 30.3 Å². The number of hydrogen-bond acceptors (Lipinski definition) is 5. The van der Waals surface area contributed by atoms with Crippen molar-refractivity contribution >= 4 is 15.8 Å². The van der Waals surface area contributed by atoms with Gasteiger partial charge in [0.2, 0.25) is 10.0 Å². The van der Waals surface area contributed by atoms with Crippen molar-refractivity contribution in [2.45, 2.75) is 44.0 Å². The van der Waals surface area contributed by atoms with Crippen LogP contribution in [0.5, 0.6) is 0 Å². The Morgan fingerprint density at radius 2 is 1.75 bits per heavy atom. The van der Waals surface area contributed by atoms with Gasteiger partial charge in [-0.05, 0) is 26.7 Å². The van der Waals surface area contributed by atoms with Crippen LogP contribution in [0.1, 0.15) is 37.0 Å². The number of hydrazine groups is 1. The van der Waals surface area contributed by atoms with Gasteiger partial charge in [0, 0.05) is 36.7 Å². The van der Waals surface area contributed by atoms with Crippen LogP contribution in [0.15, 0.2) is 30.3 Å². The molecule has 0 amide bonds. The summed E-state index contributed by atoms with van der Waals surface area (Å²) >= 11 is 0. The Hall–Kier alpha value is -1.28. The summed E-state index contributed by atoms with van der Waals surface area (Å²) in [5.74, 6) is -0.219. The molecule has 1 aromatic carbocycles. The van der Waals surface area contributed by atoms with Crippen LogP contribution in [0.25, 0.3) is 0 Å². The number of ketones is 1. The molecule has 132 valence electrons. The first kappa shape index (κ1) is 17.5. The van der Waals surface area contributed by atoms with Crippen molar-refractivity contribution in [1.82, 2.24) is 15.2 Å². The Morgan fingerprint density at radius 3 is 2.38 bits per heavy atom. The summed E-state index contributed by atoms with van der Waals surface area (Å²) in [5, 5.41) is -0.511. The molecule has 6 nitrogen and oxygen atoms in total. The fourth-order valence-corrected chi connectivity index (χ4v) is 6.06. The minimum atomic E-state index is -3.45. The van der Waals surface area contributed by atoms with Crippen molar-refractivity contribution in [2.75, 3.05) is 13.1 Å². The topological polar surface area (TPSA) is 78.5 Å². The molecule has 0 aliphatic carbocycles. The lowest BCUT2D eigenvalue weighted by molar-refractivity contribution is 0.0872. The summed E-state index contributed by atoms with van der Waals surface area (Å²) in [6.07, 6.45) is 1.46. The molecule has 2 fully saturated rings. The molecule has 2 heterocycles. The summed E-state index contributed by atoms with van der Waals surface area (Å²) in [6, 6.07) is 8.82. The van der Waals surface area contributed by atoms with Crippen LogP contribution in [0.2, 0.25) is 0 Å². The van der Waals surface area contributed by atoms with Crippen molar-refractivity contribution in [3.63, 3.8) is 0 Å². The zero-order chi connectivity index (χ0) is 17.3. The molecular formula is C17H25N3O3S. The number of nitrogens with zero attached hydrogens (tertiary/aromatic N) is 1. The Kier molecular flexibility index (Phi) is 5.05. The number of hydrogen-bond donors (Lipinski definition) is 2. The third-order valence-electron chi connectivity index (χ3n) is 5.04. The average Bonchev–Trinajstić information content (AvgIpc) is 2.94. The van der Waals surface area contributed by atoms with Crippen molar-refractivity contribution in [3.8, 4) is 0 Å². The number of rotatable bonds is 4. The Morgan fingerprint density at radius 1 is 1.12 bits per heavy atom. The third-order valence-corrected chi connectivity index (χ3v) is 7.60. The van der Waals surface area contributed by atoms with Crippen LogP contribution in [0.4, 0.5) is 0 Å². The first-order chi connectivity index (χ1) is 11.4. The van der Waals surface area contributed by atoms with E-state index in [1.165, 1.54) is 4.31 Å². The molecule has 7 heteroatoms. The van der Waals surface area contributed by atoms with E-state index in [9.17, 15) is 13.2 Å². The van der Waals surface area contributed by atoms with Crippen molar-refractivity contribution < 1.29 is 13.2 Å². The highest BCUT2D eigenvalue weighted by Crippen LogP contribution is 2.27. The first-order valence-electron chi connectivity index (χ1n) is 8.50. The maximum Gasteiger partial charge on any atom is 0.220 e. The molecule has 0 saturated carbocycles. The summed E-state index contributed by atoms with van der Waals surface area (Å²) < 4.78 is 27.6. The van der Waals surface area contributed by atoms with Gasteiger partial charge in [0.1, 0.15) is 5.25 Å². The van der Waals surface area contributed by atoms with Crippen molar-refractivity contribution in [2.24, 2.45) is 5.92 Å². The van der Waals surface area contributed by atoms with Crippen molar-refractivity contribution in [3.05, 3.63) is 35.9 Å². The molecule has 2 aliphatic heterocycles. The zero-order valence-corrected chi connectivity index (χ0v) is 14.9. The number of sulfonamides is 1. The molecule has 3 atom stereocenters. The van der Waals surface area contributed by atoms with E-state index in [2.05, 4.69) is 10.9 Å². The normalized spacial score (nSPS) is 31.9. The molecule has 2 N–H and O–H groups in total. The van der Waals surface area contributed by atoms with Gasteiger partial charge in [-0.2, -0.15) is 0 Å². The van der Waals surface area contributed by atoms with Gasteiger partial charge in [0.25, 0.3) is 0 Å². The number of Topliss-reactive ketones (excluding diaryl/α,β-unsaturated/α-hetero) is 1. The number of benzene rings is 1. The minimum Gasteiger partial charge on any atom is -0.294 e. The summed E-state index contributed by atoms with van der Waals surface area (Å²) in [5.41, 5.74) is 6.66. The minimum absolute atomic E-state index is 0.0410. The van der Waals surface area contributed by atoms with Crippen LogP contribution in [0, 0.1) is 5.92 Å². The fourth-order valence-electron chi connectivity index (χ4n) is 3.77. The van der Waals surface area contributed by atoms with E-state index in [0.29, 0.717) is 12.1 Å². The molecule has 0 bridgehead atoms. The smallest absolute Gasteiger partial charge is 0.220 e. The highest BCUT2D eigenvalue weighted by molar-refractivity contribution is 7.89. The van der Waals surface area contributed by atoms with Crippen LogP contribution in [-0.4, -0.2) is 48.9 Å². The van der Waals surface area contributed by atoms with Crippen LogP contribution >= 0.6 is 0 Å². The lowest BCUT2D eigenvalue weighted by Crippen LogP contribution is -2.51. The monoisotopic (exact) mass is 351 g/mol. The van der Waals surface area contributed by atoms with Gasteiger partial charge in [0.15, 0.2) is 5.78 Å². The molecule has 2 saturated heterocycles. The standard InChI is InChI=1S/C17H25N3O3S/c1-12-17(13(2)19-18-12)24(22,23)20-10-6-9-15(11-20)16(21)14-7-4-3-5-8-14/h3-5,7-8,12-13,15,17-19H,6,9-11H2,1-2H3. The van der Waals surface area contributed by atoms with Crippen LogP contribution in [-0.2, 0) is 10.0 Å². The molecule has 24 heavy (non-hydrogen) atoms. The SMILES string of the molecule is CC1NNC(C)C1S(=O)(=O)N1CCCC(C(=O)c2ccccc2)C1. The van der Waals surface area contributed by atoms with E-state index < -0.39 is 15.3 Å². The molecule has 0 aromatic heterocycles. The highest BCUT2D eigenvalue weighted by Gasteiger charge is 2.45. The predicted molar refractivity (Wildman–Crippen MR) is 93.0 cm³/mol. The second-order valence-electron chi connectivity index (χ2n) is 6.80. The highest BCUT2D eigenvalue weighted by atomic mass is 32.2. The Balaban J connectivity index is 1.77.